The monoisotopic (exact) mass is 597 g/mol. The van der Waals surface area contributed by atoms with Crippen LogP contribution in [0.3, 0.4) is 0 Å². The largest absolute Gasteiger partial charge is 0.497 e. The SMILES string of the molecule is COc1ccc2c(OCc3ccccc3)cc(N(C/C=C/OC3CCCCO3)C(=O)OC(C)(C)C)c(Br)c2c1. The quantitative estimate of drug-likeness (QED) is 0.233. The molecule has 0 aliphatic carbocycles. The molecule has 0 bridgehead atoms. The normalized spacial score (nSPS) is 15.8. The number of anilines is 1. The number of hydrogen-bond donors (Lipinski definition) is 0. The minimum absolute atomic E-state index is 0.216. The molecule has 3 aromatic rings. The number of amides is 1. The number of carbonyl (C=O) groups is 1. The van der Waals surface area contributed by atoms with Gasteiger partial charge in [-0.15, -0.1) is 0 Å². The first-order valence-corrected chi connectivity index (χ1v) is 13.9. The van der Waals surface area contributed by atoms with Crippen LogP contribution in [0.5, 0.6) is 11.5 Å². The van der Waals surface area contributed by atoms with Crippen molar-refractivity contribution in [1.82, 2.24) is 0 Å². The summed E-state index contributed by atoms with van der Waals surface area (Å²) < 4.78 is 29.7. The lowest BCUT2D eigenvalue weighted by atomic mass is 10.1. The Morgan fingerprint density at radius 2 is 1.90 bits per heavy atom. The molecule has 0 N–H and O–H groups in total. The Balaban J connectivity index is 1.70. The molecule has 1 unspecified atom stereocenters. The van der Waals surface area contributed by atoms with E-state index in [-0.39, 0.29) is 12.8 Å². The molecule has 1 heterocycles. The zero-order valence-electron chi connectivity index (χ0n) is 22.9. The maximum Gasteiger partial charge on any atom is 0.415 e. The fourth-order valence-corrected chi connectivity index (χ4v) is 4.86. The average Bonchev–Trinajstić information content (AvgIpc) is 2.93. The van der Waals surface area contributed by atoms with E-state index in [9.17, 15) is 4.79 Å². The van der Waals surface area contributed by atoms with Gasteiger partial charge in [0.25, 0.3) is 0 Å². The predicted molar refractivity (Wildman–Crippen MR) is 156 cm³/mol. The third kappa shape index (κ3) is 7.90. The number of halogens is 1. The number of carbonyl (C=O) groups excluding carboxylic acids is 1. The average molecular weight is 599 g/mol. The molecule has 0 aromatic heterocycles. The topological polar surface area (TPSA) is 66.5 Å². The lowest BCUT2D eigenvalue weighted by molar-refractivity contribution is -0.129. The fraction of sp³-hybridized carbons (Fsp3) is 0.387. The number of methoxy groups -OCH3 is 1. The van der Waals surface area contributed by atoms with E-state index in [1.807, 2.05) is 75.4 Å². The van der Waals surface area contributed by atoms with Crippen LogP contribution in [0.4, 0.5) is 10.5 Å². The Morgan fingerprint density at radius 3 is 2.59 bits per heavy atom. The molecule has 1 amide bonds. The summed E-state index contributed by atoms with van der Waals surface area (Å²) in [4.78, 5) is 15.0. The maximum absolute atomic E-state index is 13.5. The van der Waals surface area contributed by atoms with Gasteiger partial charge in [-0.3, -0.25) is 4.90 Å². The molecule has 208 valence electrons. The van der Waals surface area contributed by atoms with Crippen LogP contribution in [0, 0.1) is 0 Å². The number of hydrogen-bond acceptors (Lipinski definition) is 6. The second-order valence-electron chi connectivity index (χ2n) is 10.3. The molecule has 0 saturated carbocycles. The highest BCUT2D eigenvalue weighted by Gasteiger charge is 2.26. The Labute approximate surface area is 238 Å². The van der Waals surface area contributed by atoms with Crippen molar-refractivity contribution in [2.75, 3.05) is 25.2 Å². The molecule has 1 aliphatic heterocycles. The highest BCUT2D eigenvalue weighted by atomic mass is 79.9. The van der Waals surface area contributed by atoms with Crippen LogP contribution in [0.2, 0.25) is 0 Å². The Kier molecular flexibility index (Phi) is 9.75. The van der Waals surface area contributed by atoms with Crippen molar-refractivity contribution >= 4 is 38.5 Å². The molecule has 4 rings (SSSR count). The van der Waals surface area contributed by atoms with Crippen molar-refractivity contribution < 1.29 is 28.5 Å². The van der Waals surface area contributed by atoms with Gasteiger partial charge in [0.1, 0.15) is 23.7 Å². The summed E-state index contributed by atoms with van der Waals surface area (Å²) in [6.45, 7) is 6.83. The highest BCUT2D eigenvalue weighted by Crippen LogP contribution is 2.42. The third-order valence-electron chi connectivity index (χ3n) is 6.12. The summed E-state index contributed by atoms with van der Waals surface area (Å²) in [7, 11) is 1.62. The fourth-order valence-electron chi connectivity index (χ4n) is 4.20. The van der Waals surface area contributed by atoms with Gasteiger partial charge in [-0.1, -0.05) is 30.3 Å². The van der Waals surface area contributed by atoms with Gasteiger partial charge in [0.15, 0.2) is 6.29 Å². The van der Waals surface area contributed by atoms with Crippen molar-refractivity contribution in [2.45, 2.75) is 58.5 Å². The van der Waals surface area contributed by atoms with Crippen molar-refractivity contribution in [3.05, 3.63) is 77.0 Å². The summed E-state index contributed by atoms with van der Waals surface area (Å²) in [5.74, 6) is 1.33. The third-order valence-corrected chi connectivity index (χ3v) is 6.95. The number of rotatable bonds is 9. The second kappa shape index (κ2) is 13.2. The molecule has 0 radical (unpaired) electrons. The van der Waals surface area contributed by atoms with Crippen LogP contribution in [-0.4, -0.2) is 38.2 Å². The highest BCUT2D eigenvalue weighted by molar-refractivity contribution is 9.10. The van der Waals surface area contributed by atoms with E-state index >= 15 is 0 Å². The van der Waals surface area contributed by atoms with Crippen LogP contribution in [0.1, 0.15) is 45.6 Å². The molecule has 39 heavy (non-hydrogen) atoms. The van der Waals surface area contributed by atoms with E-state index in [1.165, 1.54) is 0 Å². The molecule has 1 fully saturated rings. The van der Waals surface area contributed by atoms with Crippen LogP contribution < -0.4 is 14.4 Å². The van der Waals surface area contributed by atoms with Crippen LogP contribution in [0.15, 0.2) is 71.4 Å². The Morgan fingerprint density at radius 1 is 1.10 bits per heavy atom. The van der Waals surface area contributed by atoms with E-state index in [4.69, 9.17) is 23.7 Å². The standard InChI is InChI=1S/C31H36BrNO6/c1-31(2,3)39-30(34)33(16-10-18-37-28-13-8-9-17-36-28)26-20-27(38-21-22-11-6-5-7-12-22)24-15-14-23(35-4)19-25(24)29(26)32/h5-7,10-12,14-15,18-20,28H,8-9,13,16-17,21H2,1-4H3/b18-10+. The van der Waals surface area contributed by atoms with Crippen molar-refractivity contribution in [3.63, 3.8) is 0 Å². The van der Waals surface area contributed by atoms with E-state index in [0.29, 0.717) is 30.4 Å². The Bertz CT molecular complexity index is 1280. The van der Waals surface area contributed by atoms with Crippen LogP contribution >= 0.6 is 15.9 Å². The second-order valence-corrected chi connectivity index (χ2v) is 11.1. The first kappa shape index (κ1) is 28.8. The molecule has 8 heteroatoms. The molecular weight excluding hydrogens is 562 g/mol. The lowest BCUT2D eigenvalue weighted by Gasteiger charge is -2.28. The summed E-state index contributed by atoms with van der Waals surface area (Å²) in [5.41, 5.74) is 0.967. The molecule has 7 nitrogen and oxygen atoms in total. The maximum atomic E-state index is 13.5. The molecule has 1 saturated heterocycles. The molecular formula is C31H36BrNO6. The first-order chi connectivity index (χ1) is 18.7. The number of nitrogens with zero attached hydrogens (tertiary/aromatic N) is 1. The van der Waals surface area contributed by atoms with E-state index in [2.05, 4.69) is 15.9 Å². The molecule has 1 aliphatic rings. The zero-order valence-corrected chi connectivity index (χ0v) is 24.5. The van der Waals surface area contributed by atoms with Crippen molar-refractivity contribution in [2.24, 2.45) is 0 Å². The first-order valence-electron chi connectivity index (χ1n) is 13.1. The van der Waals surface area contributed by atoms with Crippen LogP contribution in [-0.2, 0) is 20.8 Å². The van der Waals surface area contributed by atoms with Crippen molar-refractivity contribution in [3.8, 4) is 11.5 Å². The summed E-state index contributed by atoms with van der Waals surface area (Å²) in [6.07, 6.45) is 5.60. The van der Waals surface area contributed by atoms with Gasteiger partial charge in [0, 0.05) is 27.7 Å². The summed E-state index contributed by atoms with van der Waals surface area (Å²) >= 11 is 3.76. The summed E-state index contributed by atoms with van der Waals surface area (Å²) in [6, 6.07) is 17.6. The van der Waals surface area contributed by atoms with E-state index in [1.54, 1.807) is 24.3 Å². The van der Waals surface area contributed by atoms with Gasteiger partial charge < -0.3 is 23.7 Å². The van der Waals surface area contributed by atoms with Gasteiger partial charge in [0.05, 0.1) is 32.2 Å². The molecule has 1 atom stereocenters. The zero-order chi connectivity index (χ0) is 27.8. The minimum atomic E-state index is -0.676. The number of fused-ring (bicyclic) bond motifs is 1. The van der Waals surface area contributed by atoms with E-state index < -0.39 is 11.7 Å². The molecule has 3 aromatic carbocycles. The number of ether oxygens (including phenoxy) is 5. The van der Waals surface area contributed by atoms with Gasteiger partial charge in [-0.25, -0.2) is 4.79 Å². The smallest absolute Gasteiger partial charge is 0.415 e. The van der Waals surface area contributed by atoms with Gasteiger partial charge in [0.2, 0.25) is 0 Å². The predicted octanol–water partition coefficient (Wildman–Crippen LogP) is 7.99. The Hall–Kier alpha value is -3.23. The van der Waals surface area contributed by atoms with Crippen molar-refractivity contribution in [1.29, 1.82) is 0 Å². The number of benzene rings is 3. The summed E-state index contributed by atoms with van der Waals surface area (Å²) in [5, 5.41) is 1.74. The van der Waals surface area contributed by atoms with Gasteiger partial charge in [-0.2, -0.15) is 0 Å². The minimum Gasteiger partial charge on any atom is -0.497 e. The molecule has 0 spiro atoms. The van der Waals surface area contributed by atoms with Crippen LogP contribution in [0.25, 0.3) is 10.8 Å². The lowest BCUT2D eigenvalue weighted by Crippen LogP contribution is -2.37. The van der Waals surface area contributed by atoms with E-state index in [0.717, 1.165) is 40.1 Å². The van der Waals surface area contributed by atoms with Gasteiger partial charge in [-0.05, 0) is 79.4 Å². The van der Waals surface area contributed by atoms with Gasteiger partial charge >= 0.3 is 6.09 Å².